The maximum absolute atomic E-state index is 12.5. The number of amides is 1. The van der Waals surface area contributed by atoms with Gasteiger partial charge in [0, 0.05) is 32.0 Å². The number of benzene rings is 1. The molecule has 6 heteroatoms. The lowest BCUT2D eigenvalue weighted by Gasteiger charge is -2.32. The Morgan fingerprint density at radius 2 is 1.84 bits per heavy atom. The second-order valence-corrected chi connectivity index (χ2v) is 6.24. The largest absolute Gasteiger partial charge is 0.497 e. The van der Waals surface area contributed by atoms with Crippen LogP contribution in [0.5, 0.6) is 11.6 Å². The van der Waals surface area contributed by atoms with E-state index in [9.17, 15) is 4.79 Å². The van der Waals surface area contributed by atoms with E-state index >= 15 is 0 Å². The molecule has 0 saturated carbocycles. The van der Waals surface area contributed by atoms with Crippen molar-refractivity contribution in [2.75, 3.05) is 20.2 Å². The van der Waals surface area contributed by atoms with Crippen LogP contribution in [0.1, 0.15) is 24.1 Å². The lowest BCUT2D eigenvalue weighted by molar-refractivity contribution is -0.132. The van der Waals surface area contributed by atoms with Gasteiger partial charge in [-0.1, -0.05) is 12.1 Å². The molecular weight excluding hydrogens is 318 g/mol. The number of carbonyl (C=O) groups is 1. The van der Waals surface area contributed by atoms with Gasteiger partial charge in [-0.2, -0.15) is 5.10 Å². The smallest absolute Gasteiger partial charge is 0.233 e. The number of piperidine rings is 1. The highest BCUT2D eigenvalue weighted by Gasteiger charge is 2.24. The first-order valence-corrected chi connectivity index (χ1v) is 8.52. The molecule has 1 amide bonds. The average molecular weight is 341 g/mol. The number of ether oxygens (including phenoxy) is 2. The Kier molecular flexibility index (Phi) is 5.48. The van der Waals surface area contributed by atoms with Crippen LogP contribution in [0.25, 0.3) is 0 Å². The van der Waals surface area contributed by atoms with Gasteiger partial charge in [-0.3, -0.25) is 4.79 Å². The van der Waals surface area contributed by atoms with Gasteiger partial charge in [0.25, 0.3) is 0 Å². The SMILES string of the molecule is COc1ccc(CC(=O)N2CCC(Oc3ccc(C)nn3)CC2)cc1. The van der Waals surface area contributed by atoms with Crippen molar-refractivity contribution in [1.29, 1.82) is 0 Å². The highest BCUT2D eigenvalue weighted by atomic mass is 16.5. The summed E-state index contributed by atoms with van der Waals surface area (Å²) in [5.41, 5.74) is 1.87. The molecule has 0 atom stereocenters. The monoisotopic (exact) mass is 341 g/mol. The van der Waals surface area contributed by atoms with Crippen LogP contribution in [0.3, 0.4) is 0 Å². The predicted octanol–water partition coefficient (Wildman–Crippen LogP) is 2.41. The fourth-order valence-corrected chi connectivity index (χ4v) is 2.87. The van der Waals surface area contributed by atoms with Crippen molar-refractivity contribution in [3.63, 3.8) is 0 Å². The molecule has 0 aliphatic carbocycles. The molecule has 0 bridgehead atoms. The molecule has 0 N–H and O–H groups in total. The van der Waals surface area contributed by atoms with Crippen molar-refractivity contribution in [2.24, 2.45) is 0 Å². The fourth-order valence-electron chi connectivity index (χ4n) is 2.87. The second-order valence-electron chi connectivity index (χ2n) is 6.24. The van der Waals surface area contributed by atoms with Crippen molar-refractivity contribution < 1.29 is 14.3 Å². The summed E-state index contributed by atoms with van der Waals surface area (Å²) in [6, 6.07) is 11.3. The number of aromatic nitrogens is 2. The lowest BCUT2D eigenvalue weighted by Crippen LogP contribution is -2.42. The summed E-state index contributed by atoms with van der Waals surface area (Å²) < 4.78 is 11.0. The Morgan fingerprint density at radius 3 is 2.44 bits per heavy atom. The molecule has 6 nitrogen and oxygen atoms in total. The molecule has 2 heterocycles. The molecule has 1 aliphatic heterocycles. The second kappa shape index (κ2) is 7.96. The third kappa shape index (κ3) is 4.68. The Hall–Kier alpha value is -2.63. The van der Waals surface area contributed by atoms with Crippen LogP contribution in [-0.4, -0.2) is 47.3 Å². The summed E-state index contributed by atoms with van der Waals surface area (Å²) >= 11 is 0. The van der Waals surface area contributed by atoms with Crippen molar-refractivity contribution in [2.45, 2.75) is 32.3 Å². The van der Waals surface area contributed by atoms with Crippen LogP contribution in [0.2, 0.25) is 0 Å². The van der Waals surface area contributed by atoms with Crippen LogP contribution in [0.15, 0.2) is 36.4 Å². The zero-order chi connectivity index (χ0) is 17.6. The van der Waals surface area contributed by atoms with E-state index in [1.165, 1.54) is 0 Å². The maximum atomic E-state index is 12.5. The van der Waals surface area contributed by atoms with E-state index < -0.39 is 0 Å². The number of methoxy groups -OCH3 is 1. The molecule has 2 aromatic rings. The lowest BCUT2D eigenvalue weighted by atomic mass is 10.1. The predicted molar refractivity (Wildman–Crippen MR) is 93.7 cm³/mol. The average Bonchev–Trinajstić information content (AvgIpc) is 2.65. The first-order chi connectivity index (χ1) is 12.1. The summed E-state index contributed by atoms with van der Waals surface area (Å²) in [7, 11) is 1.63. The first-order valence-electron chi connectivity index (χ1n) is 8.52. The summed E-state index contributed by atoms with van der Waals surface area (Å²) in [5, 5.41) is 8.03. The number of carbonyl (C=O) groups excluding carboxylic acids is 1. The molecule has 25 heavy (non-hydrogen) atoms. The molecule has 1 saturated heterocycles. The Balaban J connectivity index is 1.47. The van der Waals surface area contributed by atoms with E-state index in [1.807, 2.05) is 48.2 Å². The van der Waals surface area contributed by atoms with Gasteiger partial charge in [0.2, 0.25) is 11.8 Å². The van der Waals surface area contributed by atoms with Gasteiger partial charge in [-0.05, 0) is 30.7 Å². The highest BCUT2D eigenvalue weighted by molar-refractivity contribution is 5.78. The van der Waals surface area contributed by atoms with Gasteiger partial charge < -0.3 is 14.4 Å². The topological polar surface area (TPSA) is 64.5 Å². The molecule has 0 unspecified atom stereocenters. The number of likely N-dealkylation sites (tertiary alicyclic amines) is 1. The summed E-state index contributed by atoms with van der Waals surface area (Å²) in [4.78, 5) is 14.4. The van der Waals surface area contributed by atoms with E-state index in [0.717, 1.165) is 29.8 Å². The van der Waals surface area contributed by atoms with Crippen LogP contribution in [0, 0.1) is 6.92 Å². The quantitative estimate of drug-likeness (QED) is 0.836. The van der Waals surface area contributed by atoms with Gasteiger partial charge in [0.05, 0.1) is 19.2 Å². The minimum absolute atomic E-state index is 0.0852. The molecule has 1 aromatic heterocycles. The number of hydrogen-bond acceptors (Lipinski definition) is 5. The van der Waals surface area contributed by atoms with E-state index in [2.05, 4.69) is 10.2 Å². The van der Waals surface area contributed by atoms with Crippen LogP contribution >= 0.6 is 0 Å². The zero-order valence-corrected chi connectivity index (χ0v) is 14.6. The summed E-state index contributed by atoms with van der Waals surface area (Å²) in [6.07, 6.45) is 2.12. The molecule has 1 aliphatic rings. The molecule has 132 valence electrons. The van der Waals surface area contributed by atoms with Crippen molar-refractivity contribution >= 4 is 5.91 Å². The van der Waals surface area contributed by atoms with Gasteiger partial charge in [-0.25, -0.2) is 0 Å². The first kappa shape index (κ1) is 17.2. The number of hydrogen-bond donors (Lipinski definition) is 0. The van der Waals surface area contributed by atoms with Crippen molar-refractivity contribution in [1.82, 2.24) is 15.1 Å². The Morgan fingerprint density at radius 1 is 1.12 bits per heavy atom. The zero-order valence-electron chi connectivity index (χ0n) is 14.6. The van der Waals surface area contributed by atoms with Gasteiger partial charge in [0.1, 0.15) is 11.9 Å². The van der Waals surface area contributed by atoms with E-state index in [1.54, 1.807) is 7.11 Å². The van der Waals surface area contributed by atoms with Crippen molar-refractivity contribution in [3.8, 4) is 11.6 Å². The van der Waals surface area contributed by atoms with Crippen molar-refractivity contribution in [3.05, 3.63) is 47.7 Å². The van der Waals surface area contributed by atoms with Gasteiger partial charge in [-0.15, -0.1) is 5.10 Å². The molecule has 1 fully saturated rings. The molecular formula is C19H23N3O3. The third-order valence-electron chi connectivity index (χ3n) is 4.37. The summed E-state index contributed by atoms with van der Waals surface area (Å²) in [5.74, 6) is 1.50. The third-order valence-corrected chi connectivity index (χ3v) is 4.37. The van der Waals surface area contributed by atoms with Crippen LogP contribution in [-0.2, 0) is 11.2 Å². The maximum Gasteiger partial charge on any atom is 0.233 e. The van der Waals surface area contributed by atoms with E-state index in [-0.39, 0.29) is 12.0 Å². The van der Waals surface area contributed by atoms with E-state index in [0.29, 0.717) is 25.4 Å². The van der Waals surface area contributed by atoms with Gasteiger partial charge in [0.15, 0.2) is 0 Å². The van der Waals surface area contributed by atoms with Gasteiger partial charge >= 0.3 is 0 Å². The van der Waals surface area contributed by atoms with Crippen LogP contribution in [0.4, 0.5) is 0 Å². The number of nitrogens with zero attached hydrogens (tertiary/aromatic N) is 3. The summed E-state index contributed by atoms with van der Waals surface area (Å²) in [6.45, 7) is 3.31. The highest BCUT2D eigenvalue weighted by Crippen LogP contribution is 2.18. The normalized spacial score (nSPS) is 15.0. The fraction of sp³-hybridized carbons (Fsp3) is 0.421. The minimum Gasteiger partial charge on any atom is -0.497 e. The van der Waals surface area contributed by atoms with E-state index in [4.69, 9.17) is 9.47 Å². The molecule has 1 aromatic carbocycles. The molecule has 0 spiro atoms. The standard InChI is InChI=1S/C19H23N3O3/c1-14-3-8-18(21-20-14)25-17-9-11-22(12-10-17)19(23)13-15-4-6-16(24-2)7-5-15/h3-8,17H,9-13H2,1-2H3. The number of aryl methyl sites for hydroxylation is 1. The Bertz CT molecular complexity index is 693. The van der Waals surface area contributed by atoms with Crippen LogP contribution < -0.4 is 9.47 Å². The minimum atomic E-state index is 0.0852. The Labute approximate surface area is 147 Å². The molecule has 3 rings (SSSR count). The number of rotatable bonds is 5. The molecule has 0 radical (unpaired) electrons.